The summed E-state index contributed by atoms with van der Waals surface area (Å²) < 4.78 is 0. The number of anilines is 1. The van der Waals surface area contributed by atoms with Gasteiger partial charge in [0.1, 0.15) is 0 Å². The molecule has 0 spiro atoms. The Bertz CT molecular complexity index is 924. The Morgan fingerprint density at radius 2 is 1.86 bits per heavy atom. The van der Waals surface area contributed by atoms with Gasteiger partial charge in [-0.15, -0.1) is 11.3 Å². The zero-order valence-corrected chi connectivity index (χ0v) is 18.5. The number of nitrogens with zero attached hydrogens (tertiary/aromatic N) is 1. The zero-order valence-electron chi connectivity index (χ0n) is 17.7. The van der Waals surface area contributed by atoms with Crippen LogP contribution in [0.2, 0.25) is 0 Å². The van der Waals surface area contributed by atoms with Crippen molar-refractivity contribution in [2.24, 2.45) is 17.3 Å². The fourth-order valence-electron chi connectivity index (χ4n) is 3.72. The lowest BCUT2D eigenvalue weighted by Gasteiger charge is -2.04. The molecular weight excluding hydrogens is 382 g/mol. The van der Waals surface area contributed by atoms with Gasteiger partial charge in [0, 0.05) is 24.4 Å². The van der Waals surface area contributed by atoms with Crippen LogP contribution in [0.4, 0.5) is 5.13 Å². The van der Waals surface area contributed by atoms with Crippen LogP contribution in [0.15, 0.2) is 41.3 Å². The van der Waals surface area contributed by atoms with Crippen LogP contribution < -0.4 is 10.6 Å². The molecule has 1 aromatic heterocycles. The first-order chi connectivity index (χ1) is 13.7. The van der Waals surface area contributed by atoms with Crippen molar-refractivity contribution in [3.8, 4) is 11.3 Å². The molecule has 1 heterocycles. The van der Waals surface area contributed by atoms with E-state index in [1.807, 2.05) is 29.6 Å². The van der Waals surface area contributed by atoms with Crippen molar-refractivity contribution in [3.05, 3.63) is 46.9 Å². The molecule has 3 rings (SSSR count). The molecular formula is C23H29N3O2S. The Hall–Kier alpha value is -2.47. The van der Waals surface area contributed by atoms with Gasteiger partial charge in [0.2, 0.25) is 11.8 Å². The van der Waals surface area contributed by atoms with Crippen LogP contribution >= 0.6 is 11.3 Å². The topological polar surface area (TPSA) is 71.1 Å². The van der Waals surface area contributed by atoms with Crippen molar-refractivity contribution in [1.29, 1.82) is 0 Å². The number of nitrogens with one attached hydrogen (secondary N) is 2. The molecule has 0 bridgehead atoms. The number of hydrogen-bond acceptors (Lipinski definition) is 4. The maximum atomic E-state index is 12.7. The highest BCUT2D eigenvalue weighted by molar-refractivity contribution is 7.14. The predicted octanol–water partition coefficient (Wildman–Crippen LogP) is 4.67. The molecule has 1 aliphatic rings. The highest BCUT2D eigenvalue weighted by atomic mass is 32.1. The number of rotatable bonds is 7. The van der Waals surface area contributed by atoms with E-state index in [9.17, 15) is 9.59 Å². The number of hydrogen-bond donors (Lipinski definition) is 2. The van der Waals surface area contributed by atoms with Crippen molar-refractivity contribution < 1.29 is 9.59 Å². The molecule has 0 radical (unpaired) electrons. The van der Waals surface area contributed by atoms with Gasteiger partial charge in [0.05, 0.1) is 11.6 Å². The van der Waals surface area contributed by atoms with Crippen LogP contribution in [0, 0.1) is 17.3 Å². The Balaban J connectivity index is 1.60. The summed E-state index contributed by atoms with van der Waals surface area (Å²) >= 11 is 1.45. The molecule has 5 nitrogen and oxygen atoms in total. The lowest BCUT2D eigenvalue weighted by molar-refractivity contribution is -0.119. The zero-order chi connectivity index (χ0) is 21.2. The number of thiazole rings is 1. The minimum atomic E-state index is -0.0135. The molecule has 0 saturated heterocycles. The molecule has 6 heteroatoms. The number of aromatic nitrogens is 1. The molecule has 2 unspecified atom stereocenters. The fraction of sp³-hybridized carbons (Fsp3) is 0.435. The lowest BCUT2D eigenvalue weighted by atomic mass is 10.1. The van der Waals surface area contributed by atoms with E-state index < -0.39 is 0 Å². The van der Waals surface area contributed by atoms with Gasteiger partial charge >= 0.3 is 0 Å². The van der Waals surface area contributed by atoms with E-state index >= 15 is 0 Å². The summed E-state index contributed by atoms with van der Waals surface area (Å²) in [5.74, 6) is 0.316. The summed E-state index contributed by atoms with van der Waals surface area (Å²) in [4.78, 5) is 28.3. The lowest BCUT2D eigenvalue weighted by Crippen LogP contribution is -2.22. The summed E-state index contributed by atoms with van der Waals surface area (Å²) in [5.41, 5.74) is 4.27. The standard InChI is InChI=1S/C23H29N3O2S/c1-14(2)12-18-20(23(18,4)5)21(28)26-22-25-19(13-29-22)17-8-6-16(7-9-17)10-11-24-15(3)27/h6-9,12-13,18,20H,10-11H2,1-5H3,(H,24,27)(H,25,26,28). The Labute approximate surface area is 176 Å². The highest BCUT2D eigenvalue weighted by Gasteiger charge is 2.60. The van der Waals surface area contributed by atoms with Gasteiger partial charge in [-0.1, -0.05) is 49.8 Å². The molecule has 1 aromatic carbocycles. The molecule has 2 atom stereocenters. The van der Waals surface area contributed by atoms with E-state index in [1.165, 1.54) is 23.8 Å². The summed E-state index contributed by atoms with van der Waals surface area (Å²) in [6.45, 7) is 10.6. The number of carbonyl (C=O) groups is 2. The first kappa shape index (κ1) is 21.2. The molecule has 2 amide bonds. The maximum absolute atomic E-state index is 12.7. The van der Waals surface area contributed by atoms with Crippen molar-refractivity contribution >= 4 is 28.3 Å². The third-order valence-corrected chi connectivity index (χ3v) is 6.24. The van der Waals surface area contributed by atoms with E-state index in [1.54, 1.807) is 0 Å². The smallest absolute Gasteiger partial charge is 0.230 e. The third kappa shape index (κ3) is 5.12. The molecule has 2 N–H and O–H groups in total. The van der Waals surface area contributed by atoms with Crippen LogP contribution in [0.1, 0.15) is 40.2 Å². The van der Waals surface area contributed by atoms with Crippen LogP contribution in [0.3, 0.4) is 0 Å². The van der Waals surface area contributed by atoms with Gasteiger partial charge in [0.25, 0.3) is 0 Å². The minimum absolute atomic E-state index is 0.00544. The molecule has 29 heavy (non-hydrogen) atoms. The van der Waals surface area contributed by atoms with Gasteiger partial charge in [-0.3, -0.25) is 9.59 Å². The second-order valence-electron chi connectivity index (χ2n) is 8.53. The monoisotopic (exact) mass is 411 g/mol. The normalized spacial score (nSPS) is 19.3. The van der Waals surface area contributed by atoms with Gasteiger partial charge in [-0.2, -0.15) is 0 Å². The van der Waals surface area contributed by atoms with Gasteiger partial charge < -0.3 is 10.6 Å². The second-order valence-corrected chi connectivity index (χ2v) is 9.38. The average Bonchev–Trinajstić information content (AvgIpc) is 2.97. The van der Waals surface area contributed by atoms with Crippen LogP contribution in [0.5, 0.6) is 0 Å². The highest BCUT2D eigenvalue weighted by Crippen LogP contribution is 2.59. The van der Waals surface area contributed by atoms with Crippen LogP contribution in [-0.4, -0.2) is 23.3 Å². The van der Waals surface area contributed by atoms with E-state index in [0.717, 1.165) is 23.2 Å². The first-order valence-electron chi connectivity index (χ1n) is 9.93. The van der Waals surface area contributed by atoms with Crippen molar-refractivity contribution in [1.82, 2.24) is 10.3 Å². The number of amides is 2. The Kier molecular flexibility index (Phi) is 6.22. The SMILES string of the molecule is CC(=O)NCCc1ccc(-c2csc(NC(=O)C3C(C=C(C)C)C3(C)C)n2)cc1. The molecule has 1 fully saturated rings. The number of benzene rings is 1. The molecule has 2 aromatic rings. The van der Waals surface area contributed by atoms with Crippen LogP contribution in [0.25, 0.3) is 11.3 Å². The van der Waals surface area contributed by atoms with E-state index in [4.69, 9.17) is 0 Å². The Morgan fingerprint density at radius 1 is 1.17 bits per heavy atom. The first-order valence-corrected chi connectivity index (χ1v) is 10.8. The van der Waals surface area contributed by atoms with Crippen molar-refractivity contribution in [2.45, 2.75) is 41.0 Å². The maximum Gasteiger partial charge on any atom is 0.230 e. The largest absolute Gasteiger partial charge is 0.356 e. The van der Waals surface area contributed by atoms with E-state index in [2.05, 4.69) is 49.4 Å². The molecule has 1 aliphatic carbocycles. The summed E-state index contributed by atoms with van der Waals surface area (Å²) in [6, 6.07) is 8.15. The molecule has 1 saturated carbocycles. The van der Waals surface area contributed by atoms with Gasteiger partial charge in [-0.05, 0) is 37.2 Å². The van der Waals surface area contributed by atoms with Crippen molar-refractivity contribution in [3.63, 3.8) is 0 Å². The minimum Gasteiger partial charge on any atom is -0.356 e. The second kappa shape index (κ2) is 8.49. The van der Waals surface area contributed by atoms with E-state index in [-0.39, 0.29) is 29.1 Å². The average molecular weight is 412 g/mol. The van der Waals surface area contributed by atoms with Crippen molar-refractivity contribution in [2.75, 3.05) is 11.9 Å². The van der Waals surface area contributed by atoms with Gasteiger partial charge in [-0.25, -0.2) is 4.98 Å². The summed E-state index contributed by atoms with van der Waals surface area (Å²) in [5, 5.41) is 8.41. The number of carbonyl (C=O) groups excluding carboxylic acids is 2. The molecule has 0 aliphatic heterocycles. The van der Waals surface area contributed by atoms with E-state index in [0.29, 0.717) is 11.7 Å². The molecule has 154 valence electrons. The van der Waals surface area contributed by atoms with Crippen LogP contribution in [-0.2, 0) is 16.0 Å². The summed E-state index contributed by atoms with van der Waals surface area (Å²) in [7, 11) is 0. The third-order valence-electron chi connectivity index (χ3n) is 5.48. The fourth-order valence-corrected chi connectivity index (χ4v) is 4.44. The van der Waals surface area contributed by atoms with Gasteiger partial charge in [0.15, 0.2) is 5.13 Å². The summed E-state index contributed by atoms with van der Waals surface area (Å²) in [6.07, 6.45) is 2.99. The number of allylic oxidation sites excluding steroid dienone is 2. The predicted molar refractivity (Wildman–Crippen MR) is 119 cm³/mol. The quantitative estimate of drug-likeness (QED) is 0.651. The Morgan fingerprint density at radius 3 is 2.48 bits per heavy atom.